The molecule has 0 spiro atoms. The Hall–Kier alpha value is -1.64. The number of aliphatic carboxylic acids is 1. The van der Waals surface area contributed by atoms with Crippen molar-refractivity contribution in [3.63, 3.8) is 0 Å². The fraction of sp³-hybridized carbons (Fsp3) is 0.273. The molecular weight excluding hydrogens is 180 g/mol. The van der Waals surface area contributed by atoms with Crippen LogP contribution in [0, 0.1) is 0 Å². The van der Waals surface area contributed by atoms with Gasteiger partial charge in [0.25, 0.3) is 0 Å². The molecule has 1 aromatic carbocycles. The van der Waals surface area contributed by atoms with Crippen LogP contribution < -0.4 is 0 Å². The third-order valence-electron chi connectivity index (χ3n) is 2.18. The van der Waals surface area contributed by atoms with Crippen LogP contribution in [0.15, 0.2) is 24.3 Å². The van der Waals surface area contributed by atoms with Crippen LogP contribution in [0.2, 0.25) is 0 Å². The normalized spacial score (nSPS) is 12.1. The Morgan fingerprint density at radius 3 is 2.36 bits per heavy atom. The molecule has 14 heavy (non-hydrogen) atoms. The second-order valence-electron chi connectivity index (χ2n) is 3.08. The van der Waals surface area contributed by atoms with Gasteiger partial charge in [-0.25, -0.2) is 0 Å². The van der Waals surface area contributed by atoms with Crippen LogP contribution >= 0.6 is 0 Å². The molecule has 1 aromatic rings. The highest BCUT2D eigenvalue weighted by Crippen LogP contribution is 2.19. The van der Waals surface area contributed by atoms with Crippen molar-refractivity contribution < 1.29 is 14.7 Å². The first-order valence-corrected chi connectivity index (χ1v) is 4.47. The molecule has 74 valence electrons. The van der Waals surface area contributed by atoms with Crippen molar-refractivity contribution in [1.82, 2.24) is 0 Å². The van der Waals surface area contributed by atoms with Gasteiger partial charge in [0.05, 0.1) is 5.92 Å². The predicted octanol–water partition coefficient (Wildman–Crippen LogP) is 2.08. The minimum absolute atomic E-state index is 0.476. The standard InChI is InChI=1S/C11H12O3/c1-2-10(11(13)14)9-5-3-8(7-12)4-6-9/h3-7,10H,2H2,1H3,(H,13,14)/t10-/m0/s1. The number of rotatable bonds is 4. The van der Waals surface area contributed by atoms with E-state index < -0.39 is 11.9 Å². The Labute approximate surface area is 82.4 Å². The zero-order valence-electron chi connectivity index (χ0n) is 7.93. The lowest BCUT2D eigenvalue weighted by Gasteiger charge is -2.09. The highest BCUT2D eigenvalue weighted by molar-refractivity contribution is 5.78. The summed E-state index contributed by atoms with van der Waals surface area (Å²) < 4.78 is 0. The second-order valence-corrected chi connectivity index (χ2v) is 3.08. The van der Waals surface area contributed by atoms with E-state index in [1.165, 1.54) is 0 Å². The monoisotopic (exact) mass is 192 g/mol. The predicted molar refractivity (Wildman–Crippen MR) is 52.5 cm³/mol. The quantitative estimate of drug-likeness (QED) is 0.743. The average Bonchev–Trinajstić information content (AvgIpc) is 2.19. The van der Waals surface area contributed by atoms with E-state index in [0.717, 1.165) is 11.8 Å². The topological polar surface area (TPSA) is 54.4 Å². The van der Waals surface area contributed by atoms with E-state index in [0.29, 0.717) is 12.0 Å². The lowest BCUT2D eigenvalue weighted by molar-refractivity contribution is -0.138. The van der Waals surface area contributed by atoms with E-state index in [1.807, 2.05) is 6.92 Å². The number of carboxylic acid groups (broad SMARTS) is 1. The Morgan fingerprint density at radius 1 is 1.43 bits per heavy atom. The maximum atomic E-state index is 10.8. The molecule has 3 nitrogen and oxygen atoms in total. The first-order valence-electron chi connectivity index (χ1n) is 4.47. The van der Waals surface area contributed by atoms with Crippen LogP contribution in [-0.2, 0) is 4.79 Å². The summed E-state index contributed by atoms with van der Waals surface area (Å²) in [5.41, 5.74) is 1.31. The summed E-state index contributed by atoms with van der Waals surface area (Å²) >= 11 is 0. The van der Waals surface area contributed by atoms with Crippen molar-refractivity contribution in [1.29, 1.82) is 0 Å². The van der Waals surface area contributed by atoms with Crippen molar-refractivity contribution in [2.24, 2.45) is 0 Å². The number of aldehydes is 1. The van der Waals surface area contributed by atoms with E-state index in [4.69, 9.17) is 5.11 Å². The van der Waals surface area contributed by atoms with Gasteiger partial charge in [-0.2, -0.15) is 0 Å². The van der Waals surface area contributed by atoms with Gasteiger partial charge in [0.1, 0.15) is 6.29 Å². The van der Waals surface area contributed by atoms with Gasteiger partial charge in [0.2, 0.25) is 0 Å². The van der Waals surface area contributed by atoms with Gasteiger partial charge in [0.15, 0.2) is 0 Å². The number of carbonyl (C=O) groups excluding carboxylic acids is 1. The molecule has 0 radical (unpaired) electrons. The van der Waals surface area contributed by atoms with Gasteiger partial charge in [-0.05, 0) is 12.0 Å². The lowest BCUT2D eigenvalue weighted by atomic mass is 9.96. The molecule has 0 aromatic heterocycles. The van der Waals surface area contributed by atoms with Gasteiger partial charge >= 0.3 is 5.97 Å². The zero-order chi connectivity index (χ0) is 10.6. The summed E-state index contributed by atoms with van der Waals surface area (Å²) in [6.45, 7) is 1.83. The molecule has 0 saturated heterocycles. The van der Waals surface area contributed by atoms with Crippen LogP contribution in [0.1, 0.15) is 35.2 Å². The molecule has 1 N–H and O–H groups in total. The highest BCUT2D eigenvalue weighted by atomic mass is 16.4. The van der Waals surface area contributed by atoms with Crippen molar-refractivity contribution in [2.45, 2.75) is 19.3 Å². The van der Waals surface area contributed by atoms with E-state index >= 15 is 0 Å². The fourth-order valence-corrected chi connectivity index (χ4v) is 1.36. The number of carbonyl (C=O) groups is 2. The Balaban J connectivity index is 2.94. The molecule has 0 aliphatic rings. The molecule has 0 amide bonds. The molecule has 0 saturated carbocycles. The van der Waals surface area contributed by atoms with Crippen LogP contribution in [0.4, 0.5) is 0 Å². The smallest absolute Gasteiger partial charge is 0.310 e. The van der Waals surface area contributed by atoms with Crippen molar-refractivity contribution in [3.8, 4) is 0 Å². The van der Waals surface area contributed by atoms with Crippen molar-refractivity contribution >= 4 is 12.3 Å². The van der Waals surface area contributed by atoms with Gasteiger partial charge in [-0.3, -0.25) is 9.59 Å². The van der Waals surface area contributed by atoms with Gasteiger partial charge in [-0.1, -0.05) is 31.2 Å². The molecule has 0 fully saturated rings. The van der Waals surface area contributed by atoms with Crippen LogP contribution in [0.5, 0.6) is 0 Å². The summed E-state index contributed by atoms with van der Waals surface area (Å²) in [6.07, 6.45) is 1.29. The minimum atomic E-state index is -0.827. The third-order valence-corrected chi connectivity index (χ3v) is 2.18. The maximum absolute atomic E-state index is 10.8. The van der Waals surface area contributed by atoms with E-state index in [2.05, 4.69) is 0 Å². The zero-order valence-corrected chi connectivity index (χ0v) is 7.93. The van der Waals surface area contributed by atoms with E-state index in [1.54, 1.807) is 24.3 Å². The first-order chi connectivity index (χ1) is 6.69. The molecule has 0 aliphatic heterocycles. The summed E-state index contributed by atoms with van der Waals surface area (Å²) in [5.74, 6) is -1.30. The number of hydrogen-bond acceptors (Lipinski definition) is 2. The largest absolute Gasteiger partial charge is 0.481 e. The first kappa shape index (κ1) is 10.4. The number of benzene rings is 1. The second kappa shape index (κ2) is 4.56. The molecule has 0 aliphatic carbocycles. The van der Waals surface area contributed by atoms with Gasteiger partial charge in [-0.15, -0.1) is 0 Å². The van der Waals surface area contributed by atoms with E-state index in [-0.39, 0.29) is 0 Å². The maximum Gasteiger partial charge on any atom is 0.310 e. The fourth-order valence-electron chi connectivity index (χ4n) is 1.36. The summed E-state index contributed by atoms with van der Waals surface area (Å²) in [7, 11) is 0. The van der Waals surface area contributed by atoms with Crippen molar-refractivity contribution in [3.05, 3.63) is 35.4 Å². The molecule has 1 atom stereocenters. The molecule has 0 unspecified atom stereocenters. The van der Waals surface area contributed by atoms with E-state index in [9.17, 15) is 9.59 Å². The van der Waals surface area contributed by atoms with Crippen molar-refractivity contribution in [2.75, 3.05) is 0 Å². The summed E-state index contributed by atoms with van der Waals surface area (Å²) in [4.78, 5) is 21.2. The minimum Gasteiger partial charge on any atom is -0.481 e. The summed E-state index contributed by atoms with van der Waals surface area (Å²) in [5, 5.41) is 8.88. The molecule has 0 heterocycles. The van der Waals surface area contributed by atoms with Crippen LogP contribution in [0.25, 0.3) is 0 Å². The Kier molecular flexibility index (Phi) is 3.40. The lowest BCUT2D eigenvalue weighted by Crippen LogP contribution is -2.10. The van der Waals surface area contributed by atoms with Crippen LogP contribution in [0.3, 0.4) is 0 Å². The van der Waals surface area contributed by atoms with Crippen LogP contribution in [-0.4, -0.2) is 17.4 Å². The molecule has 0 bridgehead atoms. The summed E-state index contributed by atoms with van der Waals surface area (Å²) in [6, 6.07) is 6.64. The SMILES string of the molecule is CC[C@H](C(=O)O)c1ccc(C=O)cc1. The number of hydrogen-bond donors (Lipinski definition) is 1. The highest BCUT2D eigenvalue weighted by Gasteiger charge is 2.16. The number of carboxylic acids is 1. The Morgan fingerprint density at radius 2 is 2.00 bits per heavy atom. The molecule has 1 rings (SSSR count). The molecule has 3 heteroatoms. The Bertz CT molecular complexity index is 327. The van der Waals surface area contributed by atoms with Gasteiger partial charge < -0.3 is 5.11 Å². The molecular formula is C11H12O3. The third kappa shape index (κ3) is 2.19. The average molecular weight is 192 g/mol. The van der Waals surface area contributed by atoms with Gasteiger partial charge in [0, 0.05) is 5.56 Å².